The fraction of sp³-hybridized carbons (Fsp3) is 0.250. The monoisotopic (exact) mass is 386 g/mol. The minimum absolute atomic E-state index is 0.174. The molecule has 0 aliphatic heterocycles. The number of carbonyl (C=O) groups is 1. The van der Waals surface area contributed by atoms with E-state index in [2.05, 4.69) is 5.32 Å². The molecule has 0 unspecified atom stereocenters. The quantitative estimate of drug-likeness (QED) is 0.728. The van der Waals surface area contributed by atoms with Crippen LogP contribution in [0.1, 0.15) is 16.7 Å². The van der Waals surface area contributed by atoms with E-state index in [0.29, 0.717) is 5.69 Å². The van der Waals surface area contributed by atoms with Crippen LogP contribution in [0.25, 0.3) is 11.0 Å². The average molecular weight is 386 g/mol. The molecule has 1 amide bonds. The summed E-state index contributed by atoms with van der Waals surface area (Å²) in [5.41, 5.74) is 4.36. The van der Waals surface area contributed by atoms with Crippen LogP contribution in [0.5, 0.6) is 0 Å². The van der Waals surface area contributed by atoms with E-state index in [1.54, 1.807) is 18.4 Å². The summed E-state index contributed by atoms with van der Waals surface area (Å²) in [6.45, 7) is 4.01. The Morgan fingerprint density at radius 2 is 1.74 bits per heavy atom. The summed E-state index contributed by atoms with van der Waals surface area (Å²) in [4.78, 5) is 12.6. The molecule has 0 aliphatic rings. The zero-order valence-electron chi connectivity index (χ0n) is 15.7. The van der Waals surface area contributed by atoms with E-state index in [1.807, 2.05) is 26.0 Å². The van der Waals surface area contributed by atoms with Crippen LogP contribution >= 0.6 is 0 Å². The maximum Gasteiger partial charge on any atom is 0.242 e. The number of hydrogen-bond acceptors (Lipinski definition) is 4. The molecule has 0 fully saturated rings. The summed E-state index contributed by atoms with van der Waals surface area (Å²) in [5, 5.41) is 3.72. The second-order valence-corrected chi connectivity index (χ2v) is 8.83. The SMILES string of the molecule is Cc1ccc2c(CC(=O)Nc3ccc(S(=O)(=O)N(C)C)cc3)coc2c1C. The van der Waals surface area contributed by atoms with Crippen LogP contribution < -0.4 is 5.32 Å². The summed E-state index contributed by atoms with van der Waals surface area (Å²) in [5.74, 6) is -0.195. The second kappa shape index (κ2) is 7.17. The molecule has 7 heteroatoms. The van der Waals surface area contributed by atoms with Gasteiger partial charge < -0.3 is 9.73 Å². The van der Waals surface area contributed by atoms with Gasteiger partial charge in [0.15, 0.2) is 0 Å². The zero-order valence-corrected chi connectivity index (χ0v) is 16.6. The Kier molecular flexibility index (Phi) is 5.08. The lowest BCUT2D eigenvalue weighted by atomic mass is 10.0. The molecule has 0 bridgehead atoms. The standard InChI is InChI=1S/C20H22N2O4S/c1-13-5-10-18-15(12-26-20(18)14(13)2)11-19(23)21-16-6-8-17(9-7-16)27(24,25)22(3)4/h5-10,12H,11H2,1-4H3,(H,21,23). The van der Waals surface area contributed by atoms with Crippen LogP contribution in [0.4, 0.5) is 5.69 Å². The molecule has 1 aromatic heterocycles. The predicted octanol–water partition coefficient (Wildman–Crippen LogP) is 3.48. The van der Waals surface area contributed by atoms with Crippen molar-refractivity contribution in [2.45, 2.75) is 25.2 Å². The maximum absolute atomic E-state index is 12.4. The van der Waals surface area contributed by atoms with Gasteiger partial charge in [0.05, 0.1) is 17.6 Å². The Morgan fingerprint density at radius 1 is 1.07 bits per heavy atom. The Morgan fingerprint density at radius 3 is 2.37 bits per heavy atom. The molecular formula is C20H22N2O4S. The predicted molar refractivity (Wildman–Crippen MR) is 105 cm³/mol. The Hall–Kier alpha value is -2.64. The fourth-order valence-electron chi connectivity index (χ4n) is 2.82. The normalized spacial score (nSPS) is 11.9. The summed E-state index contributed by atoms with van der Waals surface area (Å²) in [6, 6.07) is 10.1. The number of nitrogens with one attached hydrogen (secondary N) is 1. The number of amides is 1. The molecule has 27 heavy (non-hydrogen) atoms. The van der Waals surface area contributed by atoms with Gasteiger partial charge in [-0.1, -0.05) is 12.1 Å². The first-order chi connectivity index (χ1) is 12.7. The van der Waals surface area contributed by atoms with Gasteiger partial charge in [0.1, 0.15) is 5.58 Å². The zero-order chi connectivity index (χ0) is 19.8. The first kappa shape index (κ1) is 19.1. The highest BCUT2D eigenvalue weighted by Gasteiger charge is 2.17. The molecule has 0 aliphatic carbocycles. The van der Waals surface area contributed by atoms with E-state index in [0.717, 1.165) is 32.0 Å². The van der Waals surface area contributed by atoms with Crippen LogP contribution in [-0.4, -0.2) is 32.7 Å². The van der Waals surface area contributed by atoms with Crippen molar-refractivity contribution in [2.24, 2.45) is 0 Å². The molecule has 0 radical (unpaired) electrons. The highest BCUT2D eigenvalue weighted by atomic mass is 32.2. The summed E-state index contributed by atoms with van der Waals surface area (Å²) in [6.07, 6.45) is 1.79. The van der Waals surface area contributed by atoms with E-state index < -0.39 is 10.0 Å². The molecular weight excluding hydrogens is 364 g/mol. The fourth-order valence-corrected chi connectivity index (χ4v) is 3.73. The number of furan rings is 1. The van der Waals surface area contributed by atoms with Crippen molar-refractivity contribution in [1.82, 2.24) is 4.31 Å². The van der Waals surface area contributed by atoms with Gasteiger partial charge in [0.2, 0.25) is 15.9 Å². The molecule has 1 N–H and O–H groups in total. The number of carbonyl (C=O) groups excluding carboxylic acids is 1. The summed E-state index contributed by atoms with van der Waals surface area (Å²) < 4.78 is 30.9. The first-order valence-electron chi connectivity index (χ1n) is 8.49. The first-order valence-corrected chi connectivity index (χ1v) is 9.93. The van der Waals surface area contributed by atoms with Gasteiger partial charge in [-0.25, -0.2) is 12.7 Å². The van der Waals surface area contributed by atoms with E-state index in [-0.39, 0.29) is 17.2 Å². The third-order valence-corrected chi connectivity index (χ3v) is 6.44. The topological polar surface area (TPSA) is 79.6 Å². The van der Waals surface area contributed by atoms with Crippen molar-refractivity contribution in [1.29, 1.82) is 0 Å². The lowest BCUT2D eigenvalue weighted by Crippen LogP contribution is -2.22. The van der Waals surface area contributed by atoms with Crippen LogP contribution in [-0.2, 0) is 21.2 Å². The summed E-state index contributed by atoms with van der Waals surface area (Å²) in [7, 11) is -0.536. The Balaban J connectivity index is 1.74. The molecule has 142 valence electrons. The third-order valence-electron chi connectivity index (χ3n) is 4.61. The smallest absolute Gasteiger partial charge is 0.242 e. The number of sulfonamides is 1. The average Bonchev–Trinajstić information content (AvgIpc) is 3.02. The molecule has 0 spiro atoms. The van der Waals surface area contributed by atoms with Crippen LogP contribution in [0.15, 0.2) is 52.0 Å². The van der Waals surface area contributed by atoms with Crippen molar-refractivity contribution >= 4 is 32.6 Å². The number of fused-ring (bicyclic) bond motifs is 1. The number of rotatable bonds is 5. The van der Waals surface area contributed by atoms with Crippen molar-refractivity contribution in [3.8, 4) is 0 Å². The minimum atomic E-state index is -3.49. The molecule has 6 nitrogen and oxygen atoms in total. The molecule has 1 heterocycles. The molecule has 3 aromatic rings. The van der Waals surface area contributed by atoms with Crippen molar-refractivity contribution in [2.75, 3.05) is 19.4 Å². The van der Waals surface area contributed by atoms with Crippen LogP contribution in [0, 0.1) is 13.8 Å². The van der Waals surface area contributed by atoms with Gasteiger partial charge in [-0.2, -0.15) is 0 Å². The second-order valence-electron chi connectivity index (χ2n) is 6.68. The van der Waals surface area contributed by atoms with E-state index in [9.17, 15) is 13.2 Å². The molecule has 2 aromatic carbocycles. The van der Waals surface area contributed by atoms with Gasteiger partial charge in [-0.15, -0.1) is 0 Å². The van der Waals surface area contributed by atoms with Gasteiger partial charge >= 0.3 is 0 Å². The van der Waals surface area contributed by atoms with Gasteiger partial charge in [0.25, 0.3) is 0 Å². The Labute approximate surface area is 158 Å². The Bertz CT molecular complexity index is 1100. The number of nitrogens with zero attached hydrogens (tertiary/aromatic N) is 1. The van der Waals surface area contributed by atoms with E-state index >= 15 is 0 Å². The van der Waals surface area contributed by atoms with Crippen LogP contribution in [0.3, 0.4) is 0 Å². The lowest BCUT2D eigenvalue weighted by molar-refractivity contribution is -0.115. The van der Waals surface area contributed by atoms with E-state index in [4.69, 9.17) is 4.42 Å². The number of aryl methyl sites for hydroxylation is 2. The lowest BCUT2D eigenvalue weighted by Gasteiger charge is -2.12. The number of anilines is 1. The van der Waals surface area contributed by atoms with Gasteiger partial charge in [-0.05, 0) is 49.2 Å². The number of hydrogen-bond donors (Lipinski definition) is 1. The van der Waals surface area contributed by atoms with Crippen molar-refractivity contribution in [3.63, 3.8) is 0 Å². The van der Waals surface area contributed by atoms with Crippen LogP contribution in [0.2, 0.25) is 0 Å². The third kappa shape index (κ3) is 3.74. The highest BCUT2D eigenvalue weighted by molar-refractivity contribution is 7.89. The van der Waals surface area contributed by atoms with Crippen molar-refractivity contribution < 1.29 is 17.6 Å². The minimum Gasteiger partial charge on any atom is -0.464 e. The molecule has 0 saturated carbocycles. The van der Waals surface area contributed by atoms with E-state index in [1.165, 1.54) is 26.2 Å². The molecule has 0 saturated heterocycles. The van der Waals surface area contributed by atoms with Crippen molar-refractivity contribution in [3.05, 3.63) is 59.4 Å². The highest BCUT2D eigenvalue weighted by Crippen LogP contribution is 2.27. The molecule has 0 atom stereocenters. The number of benzene rings is 2. The van der Waals surface area contributed by atoms with Gasteiger partial charge in [-0.3, -0.25) is 4.79 Å². The molecule has 3 rings (SSSR count). The largest absolute Gasteiger partial charge is 0.464 e. The summed E-state index contributed by atoms with van der Waals surface area (Å²) >= 11 is 0. The maximum atomic E-state index is 12.4. The van der Waals surface area contributed by atoms with Gasteiger partial charge in [0, 0.05) is 30.7 Å².